The minimum atomic E-state index is 0.595. The molecule has 2 atom stereocenters. The highest BCUT2D eigenvalue weighted by molar-refractivity contribution is 5.47. The minimum absolute atomic E-state index is 0.595. The molecule has 18 heavy (non-hydrogen) atoms. The zero-order valence-corrected chi connectivity index (χ0v) is 10.6. The molecule has 2 saturated heterocycles. The Hall–Kier alpha value is -1.53. The molecule has 1 N–H and O–H groups in total. The van der Waals surface area contributed by atoms with Crippen molar-refractivity contribution in [3.8, 4) is 6.07 Å². The first kappa shape index (κ1) is 11.6. The molecule has 94 valence electrons. The van der Waals surface area contributed by atoms with Crippen molar-refractivity contribution < 1.29 is 0 Å². The molecule has 0 radical (unpaired) electrons. The van der Waals surface area contributed by atoms with Gasteiger partial charge in [0.15, 0.2) is 0 Å². The van der Waals surface area contributed by atoms with Crippen molar-refractivity contribution in [1.82, 2.24) is 4.90 Å². The van der Waals surface area contributed by atoms with Crippen LogP contribution in [0.4, 0.5) is 5.69 Å². The molecule has 0 aliphatic carbocycles. The summed E-state index contributed by atoms with van der Waals surface area (Å²) in [6.45, 7) is 2.53. The van der Waals surface area contributed by atoms with Gasteiger partial charge in [-0.15, -0.1) is 0 Å². The summed E-state index contributed by atoms with van der Waals surface area (Å²) in [5.41, 5.74) is 1.87. The largest absolute Gasteiger partial charge is 0.382 e. The molecule has 0 aromatic heterocycles. The first-order chi connectivity index (χ1) is 8.85. The van der Waals surface area contributed by atoms with E-state index in [9.17, 15) is 0 Å². The van der Waals surface area contributed by atoms with E-state index < -0.39 is 0 Å². The maximum Gasteiger partial charge on any atom is 0.0991 e. The molecular formula is C15H19N3. The van der Waals surface area contributed by atoms with Crippen LogP contribution in [-0.2, 0) is 0 Å². The van der Waals surface area contributed by atoms with E-state index in [4.69, 9.17) is 5.26 Å². The van der Waals surface area contributed by atoms with Gasteiger partial charge in [-0.1, -0.05) is 0 Å². The van der Waals surface area contributed by atoms with E-state index in [1.54, 1.807) is 0 Å². The van der Waals surface area contributed by atoms with Crippen LogP contribution in [0.5, 0.6) is 0 Å². The number of piperidine rings is 1. The number of hydrogen-bond donors (Lipinski definition) is 1. The van der Waals surface area contributed by atoms with Gasteiger partial charge < -0.3 is 10.2 Å². The number of hydrogen-bond acceptors (Lipinski definition) is 3. The average Bonchev–Trinajstić information content (AvgIpc) is 2.87. The Morgan fingerprint density at radius 3 is 2.78 bits per heavy atom. The molecule has 0 saturated carbocycles. The lowest BCUT2D eigenvalue weighted by molar-refractivity contribution is 0.188. The SMILES string of the molecule is N#Cc1ccc(NC2CCN3CCCC3C2)cc1. The fourth-order valence-corrected chi connectivity index (χ4v) is 3.23. The number of fused-ring (bicyclic) bond motifs is 1. The van der Waals surface area contributed by atoms with Gasteiger partial charge in [0.25, 0.3) is 0 Å². The Morgan fingerprint density at radius 2 is 2.00 bits per heavy atom. The normalized spacial score (nSPS) is 27.5. The predicted molar refractivity (Wildman–Crippen MR) is 72.4 cm³/mol. The zero-order valence-electron chi connectivity index (χ0n) is 10.6. The number of nitrogens with zero attached hydrogens (tertiary/aromatic N) is 2. The molecule has 2 heterocycles. The quantitative estimate of drug-likeness (QED) is 0.865. The van der Waals surface area contributed by atoms with E-state index >= 15 is 0 Å². The fraction of sp³-hybridized carbons (Fsp3) is 0.533. The summed E-state index contributed by atoms with van der Waals surface area (Å²) in [5.74, 6) is 0. The summed E-state index contributed by atoms with van der Waals surface area (Å²) in [6, 6.07) is 11.3. The number of benzene rings is 1. The summed E-state index contributed by atoms with van der Waals surface area (Å²) in [5, 5.41) is 12.4. The maximum absolute atomic E-state index is 8.78. The van der Waals surface area contributed by atoms with E-state index in [0.717, 1.165) is 17.3 Å². The lowest BCUT2D eigenvalue weighted by Crippen LogP contribution is -2.42. The molecule has 3 nitrogen and oxygen atoms in total. The van der Waals surface area contributed by atoms with Crippen LogP contribution < -0.4 is 5.32 Å². The smallest absolute Gasteiger partial charge is 0.0991 e. The van der Waals surface area contributed by atoms with Gasteiger partial charge >= 0.3 is 0 Å². The molecule has 0 spiro atoms. The lowest BCUT2D eigenvalue weighted by atomic mass is 9.97. The predicted octanol–water partition coefficient (Wildman–Crippen LogP) is 2.60. The Kier molecular flexibility index (Phi) is 3.21. The Labute approximate surface area is 108 Å². The van der Waals surface area contributed by atoms with Crippen molar-refractivity contribution in [2.24, 2.45) is 0 Å². The molecule has 2 aliphatic rings. The molecule has 3 heteroatoms. The number of anilines is 1. The highest BCUT2D eigenvalue weighted by Gasteiger charge is 2.31. The van der Waals surface area contributed by atoms with Crippen LogP contribution in [0.3, 0.4) is 0 Å². The Morgan fingerprint density at radius 1 is 1.17 bits per heavy atom. The van der Waals surface area contributed by atoms with Crippen molar-refractivity contribution >= 4 is 5.69 Å². The van der Waals surface area contributed by atoms with Gasteiger partial charge in [-0.3, -0.25) is 0 Å². The highest BCUT2D eigenvalue weighted by atomic mass is 15.2. The molecule has 0 bridgehead atoms. The summed E-state index contributed by atoms with van der Waals surface area (Å²) in [6.07, 6.45) is 5.23. The second-order valence-corrected chi connectivity index (χ2v) is 5.39. The van der Waals surface area contributed by atoms with Crippen molar-refractivity contribution in [2.45, 2.75) is 37.8 Å². The molecule has 0 amide bonds. The third kappa shape index (κ3) is 2.34. The van der Waals surface area contributed by atoms with E-state index in [0.29, 0.717) is 6.04 Å². The Bertz CT molecular complexity index is 446. The third-order valence-electron chi connectivity index (χ3n) is 4.21. The standard InChI is InChI=1S/C15H19N3/c16-11-12-3-5-13(6-4-12)17-14-7-9-18-8-1-2-15(18)10-14/h3-6,14-15,17H,1-2,7-10H2. The first-order valence-corrected chi connectivity index (χ1v) is 6.86. The van der Waals surface area contributed by atoms with Gasteiger partial charge in [-0.05, 0) is 56.5 Å². The molecule has 1 aromatic carbocycles. The van der Waals surface area contributed by atoms with E-state index in [1.165, 1.54) is 38.8 Å². The average molecular weight is 241 g/mol. The van der Waals surface area contributed by atoms with Crippen molar-refractivity contribution in [3.63, 3.8) is 0 Å². The molecule has 2 aliphatic heterocycles. The number of rotatable bonds is 2. The van der Waals surface area contributed by atoms with Crippen LogP contribution in [-0.4, -0.2) is 30.1 Å². The van der Waals surface area contributed by atoms with Gasteiger partial charge in [-0.2, -0.15) is 5.26 Å². The van der Waals surface area contributed by atoms with Crippen LogP contribution >= 0.6 is 0 Å². The monoisotopic (exact) mass is 241 g/mol. The second-order valence-electron chi connectivity index (χ2n) is 5.39. The van der Waals surface area contributed by atoms with Crippen LogP contribution in [0.15, 0.2) is 24.3 Å². The van der Waals surface area contributed by atoms with Gasteiger partial charge in [0.2, 0.25) is 0 Å². The molecule has 1 aromatic rings. The third-order valence-corrected chi connectivity index (χ3v) is 4.21. The molecule has 2 unspecified atom stereocenters. The Balaban J connectivity index is 1.60. The fourth-order valence-electron chi connectivity index (χ4n) is 3.23. The first-order valence-electron chi connectivity index (χ1n) is 6.86. The highest BCUT2D eigenvalue weighted by Crippen LogP contribution is 2.28. The number of nitrogens with one attached hydrogen (secondary N) is 1. The van der Waals surface area contributed by atoms with Gasteiger partial charge in [0.05, 0.1) is 11.6 Å². The summed E-state index contributed by atoms with van der Waals surface area (Å²) < 4.78 is 0. The van der Waals surface area contributed by atoms with Crippen LogP contribution in [0, 0.1) is 11.3 Å². The lowest BCUT2D eigenvalue weighted by Gasteiger charge is -2.35. The van der Waals surface area contributed by atoms with Crippen molar-refractivity contribution in [1.29, 1.82) is 5.26 Å². The van der Waals surface area contributed by atoms with Gasteiger partial charge in [0.1, 0.15) is 0 Å². The van der Waals surface area contributed by atoms with Crippen LogP contribution in [0.1, 0.15) is 31.2 Å². The number of nitriles is 1. The van der Waals surface area contributed by atoms with Crippen LogP contribution in [0.2, 0.25) is 0 Å². The van der Waals surface area contributed by atoms with Crippen LogP contribution in [0.25, 0.3) is 0 Å². The van der Waals surface area contributed by atoms with Crippen molar-refractivity contribution in [3.05, 3.63) is 29.8 Å². The summed E-state index contributed by atoms with van der Waals surface area (Å²) in [4.78, 5) is 2.64. The zero-order chi connectivity index (χ0) is 12.4. The topological polar surface area (TPSA) is 39.1 Å². The molecule has 2 fully saturated rings. The van der Waals surface area contributed by atoms with Gasteiger partial charge in [0, 0.05) is 24.3 Å². The summed E-state index contributed by atoms with van der Waals surface area (Å²) in [7, 11) is 0. The van der Waals surface area contributed by atoms with E-state index in [2.05, 4.69) is 16.3 Å². The molecule has 3 rings (SSSR count). The van der Waals surface area contributed by atoms with E-state index in [-0.39, 0.29) is 0 Å². The molecular weight excluding hydrogens is 222 g/mol. The van der Waals surface area contributed by atoms with Gasteiger partial charge in [-0.25, -0.2) is 0 Å². The summed E-state index contributed by atoms with van der Waals surface area (Å²) >= 11 is 0. The second kappa shape index (κ2) is 4.99. The minimum Gasteiger partial charge on any atom is -0.382 e. The maximum atomic E-state index is 8.78. The van der Waals surface area contributed by atoms with Crippen molar-refractivity contribution in [2.75, 3.05) is 18.4 Å². The van der Waals surface area contributed by atoms with E-state index in [1.807, 2.05) is 24.3 Å².